The molecular formula is C12H16FN3O. The molecule has 1 fully saturated rings. The number of primary amides is 1. The minimum absolute atomic E-state index is 0.198. The van der Waals surface area contributed by atoms with Crippen molar-refractivity contribution in [2.75, 3.05) is 25.0 Å². The van der Waals surface area contributed by atoms with Gasteiger partial charge in [-0.25, -0.2) is 4.39 Å². The lowest BCUT2D eigenvalue weighted by Gasteiger charge is -2.26. The van der Waals surface area contributed by atoms with E-state index < -0.39 is 11.7 Å². The highest BCUT2D eigenvalue weighted by Gasteiger charge is 2.21. The topological polar surface area (TPSA) is 58.4 Å². The minimum atomic E-state index is -0.611. The van der Waals surface area contributed by atoms with Gasteiger partial charge >= 0.3 is 0 Å². The van der Waals surface area contributed by atoms with Gasteiger partial charge in [0.1, 0.15) is 5.82 Å². The first-order chi connectivity index (χ1) is 8.09. The van der Waals surface area contributed by atoms with Crippen molar-refractivity contribution in [3.8, 4) is 0 Å². The van der Waals surface area contributed by atoms with Crippen LogP contribution >= 0.6 is 0 Å². The quantitative estimate of drug-likeness (QED) is 0.814. The fraction of sp³-hybridized carbons (Fsp3) is 0.417. The number of hydrogen-bond donors (Lipinski definition) is 2. The normalized spacial score (nSPS) is 19.3. The van der Waals surface area contributed by atoms with Crippen LogP contribution in [0, 0.1) is 5.82 Å². The summed E-state index contributed by atoms with van der Waals surface area (Å²) in [6.45, 7) is 1.81. The summed E-state index contributed by atoms with van der Waals surface area (Å²) >= 11 is 0. The second-order valence-corrected chi connectivity index (χ2v) is 4.29. The van der Waals surface area contributed by atoms with E-state index in [-0.39, 0.29) is 5.56 Å². The van der Waals surface area contributed by atoms with E-state index in [9.17, 15) is 9.18 Å². The second kappa shape index (κ2) is 4.71. The average Bonchev–Trinajstić information content (AvgIpc) is 2.81. The molecule has 0 aliphatic carbocycles. The molecule has 4 nitrogen and oxygen atoms in total. The van der Waals surface area contributed by atoms with Crippen molar-refractivity contribution in [3.05, 3.63) is 29.6 Å². The van der Waals surface area contributed by atoms with E-state index >= 15 is 0 Å². The molecule has 3 N–H and O–H groups in total. The lowest BCUT2D eigenvalue weighted by molar-refractivity contribution is 0.1000. The number of likely N-dealkylation sites (N-methyl/N-ethyl adjacent to an activating group) is 1. The Morgan fingerprint density at radius 3 is 2.88 bits per heavy atom. The molecule has 0 bridgehead atoms. The fourth-order valence-electron chi connectivity index (χ4n) is 2.11. The van der Waals surface area contributed by atoms with Crippen LogP contribution in [0.3, 0.4) is 0 Å². The molecule has 17 heavy (non-hydrogen) atoms. The number of nitrogens with one attached hydrogen (secondary N) is 1. The molecule has 0 radical (unpaired) electrons. The number of hydrogen-bond acceptors (Lipinski definition) is 3. The van der Waals surface area contributed by atoms with Gasteiger partial charge < -0.3 is 16.0 Å². The van der Waals surface area contributed by atoms with Crippen LogP contribution in [-0.4, -0.2) is 32.1 Å². The van der Waals surface area contributed by atoms with Crippen molar-refractivity contribution in [3.63, 3.8) is 0 Å². The third kappa shape index (κ3) is 2.39. The Kier molecular flexibility index (Phi) is 3.28. The van der Waals surface area contributed by atoms with Gasteiger partial charge in [0.25, 0.3) is 0 Å². The van der Waals surface area contributed by atoms with E-state index in [0.29, 0.717) is 11.7 Å². The smallest absolute Gasteiger partial charge is 0.248 e. The Labute approximate surface area is 99.6 Å². The first kappa shape index (κ1) is 11.9. The van der Waals surface area contributed by atoms with E-state index in [4.69, 9.17) is 5.73 Å². The van der Waals surface area contributed by atoms with Crippen molar-refractivity contribution in [2.45, 2.75) is 12.5 Å². The molecule has 92 valence electrons. The highest BCUT2D eigenvalue weighted by atomic mass is 19.1. The first-order valence-electron chi connectivity index (χ1n) is 5.62. The van der Waals surface area contributed by atoms with Crippen molar-refractivity contribution in [1.29, 1.82) is 0 Å². The molecule has 1 aliphatic rings. The first-order valence-corrected chi connectivity index (χ1v) is 5.62. The van der Waals surface area contributed by atoms with Crippen LogP contribution in [0.2, 0.25) is 0 Å². The molecule has 2 rings (SSSR count). The summed E-state index contributed by atoms with van der Waals surface area (Å²) in [5, 5.41) is 3.23. The maximum atomic E-state index is 13.8. The van der Waals surface area contributed by atoms with E-state index in [1.54, 1.807) is 12.1 Å². The lowest BCUT2D eigenvalue weighted by atomic mass is 10.1. The van der Waals surface area contributed by atoms with Crippen molar-refractivity contribution in [2.24, 2.45) is 5.73 Å². The standard InChI is InChI=1S/C12H16FN3O/c1-16(9-4-5-15-7-9)11-3-2-8(12(14)17)6-10(11)13/h2-3,6,9,15H,4-5,7H2,1H3,(H2,14,17). The average molecular weight is 237 g/mol. The van der Waals surface area contributed by atoms with Gasteiger partial charge in [0, 0.05) is 25.2 Å². The monoisotopic (exact) mass is 237 g/mol. The minimum Gasteiger partial charge on any atom is -0.368 e. The van der Waals surface area contributed by atoms with Gasteiger partial charge in [-0.15, -0.1) is 0 Å². The Balaban J connectivity index is 2.23. The number of carbonyl (C=O) groups excluding carboxylic acids is 1. The molecule has 1 aliphatic heterocycles. The summed E-state index contributed by atoms with van der Waals surface area (Å²) in [5.41, 5.74) is 5.80. The van der Waals surface area contributed by atoms with Crippen molar-refractivity contribution < 1.29 is 9.18 Å². The molecule has 1 saturated heterocycles. The largest absolute Gasteiger partial charge is 0.368 e. The number of anilines is 1. The maximum Gasteiger partial charge on any atom is 0.248 e. The van der Waals surface area contributed by atoms with Gasteiger partial charge in [-0.05, 0) is 31.2 Å². The Hall–Kier alpha value is -1.62. The van der Waals surface area contributed by atoms with Crippen LogP contribution in [0.25, 0.3) is 0 Å². The fourth-order valence-corrected chi connectivity index (χ4v) is 2.11. The number of nitrogens with zero attached hydrogens (tertiary/aromatic N) is 1. The third-order valence-electron chi connectivity index (χ3n) is 3.19. The molecule has 1 aromatic rings. The third-order valence-corrected chi connectivity index (χ3v) is 3.19. The summed E-state index contributed by atoms with van der Waals surface area (Å²) in [6.07, 6.45) is 0.994. The SMILES string of the molecule is CN(c1ccc(C(N)=O)cc1F)C1CCNC1. The predicted molar refractivity (Wildman–Crippen MR) is 64.6 cm³/mol. The molecule has 1 aromatic carbocycles. The van der Waals surface area contributed by atoms with Gasteiger partial charge in [0.05, 0.1) is 5.69 Å². The highest BCUT2D eigenvalue weighted by Crippen LogP contribution is 2.23. The predicted octanol–water partition coefficient (Wildman–Crippen LogP) is 0.723. The number of halogens is 1. The van der Waals surface area contributed by atoms with Crippen molar-refractivity contribution >= 4 is 11.6 Å². The van der Waals surface area contributed by atoms with Crippen LogP contribution in [0.15, 0.2) is 18.2 Å². The summed E-state index contributed by atoms with van der Waals surface area (Å²) < 4.78 is 13.8. The van der Waals surface area contributed by atoms with E-state index in [2.05, 4.69) is 5.32 Å². The van der Waals surface area contributed by atoms with Gasteiger partial charge in [0.15, 0.2) is 0 Å². The van der Waals surface area contributed by atoms with Gasteiger partial charge in [0.2, 0.25) is 5.91 Å². The van der Waals surface area contributed by atoms with Crippen LogP contribution in [0.1, 0.15) is 16.8 Å². The van der Waals surface area contributed by atoms with Crippen LogP contribution < -0.4 is 16.0 Å². The van der Waals surface area contributed by atoms with Gasteiger partial charge in [-0.2, -0.15) is 0 Å². The molecule has 1 heterocycles. The van der Waals surface area contributed by atoms with Crippen LogP contribution in [-0.2, 0) is 0 Å². The van der Waals surface area contributed by atoms with E-state index in [1.807, 2.05) is 11.9 Å². The zero-order chi connectivity index (χ0) is 12.4. The molecule has 1 unspecified atom stereocenters. The van der Waals surface area contributed by atoms with Gasteiger partial charge in [-0.3, -0.25) is 4.79 Å². The Morgan fingerprint density at radius 1 is 1.59 bits per heavy atom. The molecular weight excluding hydrogens is 221 g/mol. The summed E-state index contributed by atoms with van der Waals surface area (Å²) in [5.74, 6) is -1.02. The van der Waals surface area contributed by atoms with Crippen LogP contribution in [0.5, 0.6) is 0 Å². The molecule has 0 saturated carbocycles. The Morgan fingerprint density at radius 2 is 2.35 bits per heavy atom. The number of nitrogens with two attached hydrogens (primary N) is 1. The zero-order valence-electron chi connectivity index (χ0n) is 9.74. The second-order valence-electron chi connectivity index (χ2n) is 4.29. The van der Waals surface area contributed by atoms with E-state index in [1.165, 1.54) is 6.07 Å². The Bertz CT molecular complexity index is 430. The molecule has 0 aromatic heterocycles. The summed E-state index contributed by atoms with van der Waals surface area (Å²) in [7, 11) is 1.86. The molecule has 1 amide bonds. The number of benzene rings is 1. The number of carbonyl (C=O) groups is 1. The van der Waals surface area contributed by atoms with Crippen molar-refractivity contribution in [1.82, 2.24) is 5.32 Å². The zero-order valence-corrected chi connectivity index (χ0v) is 9.74. The lowest BCUT2D eigenvalue weighted by Crippen LogP contribution is -2.34. The van der Waals surface area contributed by atoms with Crippen LogP contribution in [0.4, 0.5) is 10.1 Å². The van der Waals surface area contributed by atoms with E-state index in [0.717, 1.165) is 19.5 Å². The molecule has 0 spiro atoms. The highest BCUT2D eigenvalue weighted by molar-refractivity contribution is 5.93. The maximum absolute atomic E-state index is 13.8. The number of amides is 1. The molecule has 5 heteroatoms. The number of rotatable bonds is 3. The van der Waals surface area contributed by atoms with Gasteiger partial charge in [-0.1, -0.05) is 0 Å². The summed E-state index contributed by atoms with van der Waals surface area (Å²) in [6, 6.07) is 4.65. The molecule has 1 atom stereocenters. The summed E-state index contributed by atoms with van der Waals surface area (Å²) in [4.78, 5) is 12.8.